The molecule has 4 heterocycles. The van der Waals surface area contributed by atoms with Crippen LogP contribution in [0.5, 0.6) is 17.2 Å². The summed E-state index contributed by atoms with van der Waals surface area (Å²) >= 11 is 10.5. The number of benzene rings is 5. The minimum atomic E-state index is -0.833. The van der Waals surface area contributed by atoms with Crippen LogP contribution in [-0.2, 0) is 37.6 Å². The Hall–Kier alpha value is -7.46. The van der Waals surface area contributed by atoms with Gasteiger partial charge in [0.05, 0.1) is 33.6 Å². The van der Waals surface area contributed by atoms with Crippen molar-refractivity contribution in [1.29, 1.82) is 0 Å². The van der Waals surface area contributed by atoms with E-state index in [0.29, 0.717) is 93.1 Å². The maximum Gasteiger partial charge on any atom is 0.300 e. The number of carbonyl (C=O) groups is 1. The topological polar surface area (TPSA) is 181 Å². The molecule has 99 heavy (non-hydrogen) atoms. The Labute approximate surface area is 605 Å². The van der Waals surface area contributed by atoms with Gasteiger partial charge in [-0.3, -0.25) is 32.9 Å². The van der Waals surface area contributed by atoms with Crippen molar-refractivity contribution in [1.82, 2.24) is 28.7 Å². The van der Waals surface area contributed by atoms with Crippen molar-refractivity contribution in [3.05, 3.63) is 220 Å². The van der Waals surface area contributed by atoms with Gasteiger partial charge >= 0.3 is 0 Å². The summed E-state index contributed by atoms with van der Waals surface area (Å²) in [6, 6.07) is 38.7. The lowest BCUT2D eigenvalue weighted by molar-refractivity contribution is -0.134. The van der Waals surface area contributed by atoms with Gasteiger partial charge in [-0.2, -0.15) is 0 Å². The van der Waals surface area contributed by atoms with Crippen LogP contribution < -0.4 is 26.2 Å². The number of aromatic nitrogens is 6. The first kappa shape index (κ1) is 77.3. The number of carboxylic acids is 1. The second-order valence-electron chi connectivity index (χ2n) is 25.6. The number of hydrogen-bond donors (Lipinski definition) is 2. The highest BCUT2D eigenvalue weighted by Crippen LogP contribution is 2.38. The van der Waals surface area contributed by atoms with Crippen LogP contribution >= 0.6 is 55.5 Å². The summed E-state index contributed by atoms with van der Waals surface area (Å²) in [4.78, 5) is 64.7. The van der Waals surface area contributed by atoms with E-state index in [1.165, 1.54) is 121 Å². The van der Waals surface area contributed by atoms with Crippen LogP contribution in [0.3, 0.4) is 0 Å². The number of aliphatic carboxylic acids is 1. The van der Waals surface area contributed by atoms with E-state index in [0.717, 1.165) is 47.1 Å². The number of rotatable bonds is 19. The van der Waals surface area contributed by atoms with Crippen LogP contribution in [0.1, 0.15) is 156 Å². The monoisotopic (exact) mass is 1560 g/mol. The van der Waals surface area contributed by atoms with Crippen LogP contribution in [-0.4, -0.2) is 44.8 Å². The van der Waals surface area contributed by atoms with Crippen molar-refractivity contribution >= 4 is 61.5 Å². The van der Waals surface area contributed by atoms with Gasteiger partial charge in [-0.1, -0.05) is 175 Å². The second-order valence-corrected chi connectivity index (χ2v) is 27.7. The lowest BCUT2D eigenvalue weighted by atomic mass is 9.87. The number of aryl methyl sites for hydroxylation is 4. The Morgan fingerprint density at radius 1 is 0.525 bits per heavy atom. The Balaban J connectivity index is 0.000000182. The number of para-hydroxylation sites is 3. The van der Waals surface area contributed by atoms with E-state index in [4.69, 9.17) is 29.3 Å². The predicted molar refractivity (Wildman–Crippen MR) is 400 cm³/mol. The van der Waals surface area contributed by atoms with Gasteiger partial charge in [0.25, 0.3) is 22.6 Å². The van der Waals surface area contributed by atoms with Crippen molar-refractivity contribution in [2.75, 3.05) is 0 Å². The zero-order chi connectivity index (χ0) is 71.0. The van der Waals surface area contributed by atoms with E-state index >= 15 is 0 Å². The number of phenolic OH excluding ortho intramolecular Hbond substituents is 1. The molecule has 0 amide bonds. The third kappa shape index (κ3) is 21.8. The molecule has 3 aliphatic carbocycles. The fourth-order valence-electron chi connectivity index (χ4n) is 13.2. The van der Waals surface area contributed by atoms with Crippen molar-refractivity contribution in [3.63, 3.8) is 0 Å². The minimum absolute atomic E-state index is 0.100. The number of nitrogens with zero attached hydrogens (tertiary/aromatic N) is 6. The fourth-order valence-corrected chi connectivity index (χ4v) is 14.5. The summed E-state index contributed by atoms with van der Waals surface area (Å²) in [6.07, 6.45) is 21.4. The summed E-state index contributed by atoms with van der Waals surface area (Å²) < 4.78 is 61.0. The van der Waals surface area contributed by atoms with E-state index in [1.54, 1.807) is 82.2 Å². The van der Waals surface area contributed by atoms with Crippen LogP contribution in [0.4, 0.5) is 13.2 Å². The standard InChI is InChI=1S/C26H28BrFN2O2.C26H29FN2O2.C24H27FN2O2S.C2H4O2.Br2/c1-18-23(27)26(31)30(16-15-19-9-4-2-5-10-19)25(29-18)21-13-8-14-22(28)24(21)32-17-20-11-6-3-7-12-20;1-19-17-24(30)29(16-15-20-9-4-2-5-10-20)26(28-19)22-13-8-14-23(27)25(22)31-18-21-11-6-3-7-12-21;1-15-11-12-20(30-15)21-16(2)26-23(18-9-6-10-19(25)22(18)28)27(24(21)29)14-13-17-7-4-3-5-8-17;1-2(3)4;1-2/h3,6-8,11-14,19H,2,4-5,9-10,15-17H2,1H3;3,6-8,11-14,17,20H,2,4-5,9-10,15-16,18H2,1H3;6,9-12,17,28H,3-5,7-8,13-14H2,1-2H3;1H3,(H,3,4);. The van der Waals surface area contributed by atoms with Gasteiger partial charge in [0.1, 0.15) is 35.2 Å². The predicted octanol–water partition coefficient (Wildman–Crippen LogP) is 20.4. The molecule has 0 atom stereocenters. The van der Waals surface area contributed by atoms with E-state index in [-0.39, 0.29) is 47.0 Å². The first-order valence-corrected chi connectivity index (χ1v) is 39.4. The zero-order valence-electron chi connectivity index (χ0n) is 56.9. The van der Waals surface area contributed by atoms with Gasteiger partial charge in [0.2, 0.25) is 0 Å². The smallest absolute Gasteiger partial charge is 0.300 e. The second kappa shape index (κ2) is 38.9. The molecule has 4 aromatic heterocycles. The van der Waals surface area contributed by atoms with Crippen LogP contribution in [0, 0.1) is 62.9 Å². The lowest BCUT2D eigenvalue weighted by Gasteiger charge is -2.23. The number of aromatic hydroxyl groups is 1. The molecule has 0 aliphatic heterocycles. The molecule has 12 rings (SSSR count). The number of phenols is 1. The summed E-state index contributed by atoms with van der Waals surface area (Å²) in [7, 11) is 0. The third-order valence-corrected chi connectivity index (χ3v) is 20.2. The van der Waals surface area contributed by atoms with E-state index in [9.17, 15) is 32.7 Å². The molecule has 3 aliphatic rings. The number of thiophene rings is 1. The highest BCUT2D eigenvalue weighted by Gasteiger charge is 2.26. The largest absolute Gasteiger partial charge is 0.504 e. The Bertz CT molecular complexity index is 4280. The molecule has 0 bridgehead atoms. The van der Waals surface area contributed by atoms with Gasteiger partial charge in [0, 0.05) is 76.3 Å². The van der Waals surface area contributed by atoms with Crippen LogP contribution in [0.15, 0.2) is 152 Å². The van der Waals surface area contributed by atoms with Gasteiger partial charge in [-0.15, -0.1) is 11.3 Å². The lowest BCUT2D eigenvalue weighted by Crippen LogP contribution is -2.27. The molecule has 2 N–H and O–H groups in total. The minimum Gasteiger partial charge on any atom is -0.504 e. The van der Waals surface area contributed by atoms with E-state index < -0.39 is 29.2 Å². The molecule has 5 aromatic carbocycles. The molecule has 0 unspecified atom stereocenters. The maximum atomic E-state index is 14.9. The normalized spacial score (nSPS) is 14.1. The summed E-state index contributed by atoms with van der Waals surface area (Å²) in [5.41, 5.74) is 5.18. The zero-order valence-corrected chi connectivity index (χ0v) is 62.5. The van der Waals surface area contributed by atoms with Crippen molar-refractivity contribution < 1.29 is 37.7 Å². The van der Waals surface area contributed by atoms with Crippen molar-refractivity contribution in [2.45, 2.75) is 183 Å². The molecular weight excluding hydrogens is 1480 g/mol. The highest BCUT2D eigenvalue weighted by molar-refractivity contribution is 9.93. The summed E-state index contributed by atoms with van der Waals surface area (Å²) in [6.45, 7) is 10.6. The average Bonchev–Trinajstić information content (AvgIpc) is 1.14. The Morgan fingerprint density at radius 3 is 1.38 bits per heavy atom. The van der Waals surface area contributed by atoms with Crippen LogP contribution in [0.25, 0.3) is 44.6 Å². The third-order valence-electron chi connectivity index (χ3n) is 18.3. The Morgan fingerprint density at radius 2 is 0.929 bits per heavy atom. The van der Waals surface area contributed by atoms with Gasteiger partial charge in [-0.25, -0.2) is 28.1 Å². The fraction of sp³-hybridized carbons (Fsp3) is 0.397. The molecule has 0 spiro atoms. The molecule has 0 radical (unpaired) electrons. The summed E-state index contributed by atoms with van der Waals surface area (Å²) in [5, 5.41) is 17.8. The maximum absolute atomic E-state index is 14.9. The van der Waals surface area contributed by atoms with Crippen molar-refractivity contribution in [2.24, 2.45) is 17.8 Å². The van der Waals surface area contributed by atoms with Crippen LogP contribution in [0.2, 0.25) is 0 Å². The SMILES string of the molecule is BrBr.CC(=O)O.Cc1cc(=O)n(CCC2CCCCC2)c(-c2cccc(F)c2OCc2ccccc2)n1.Cc1ccc(-c2c(C)nc(-c3cccc(F)c3O)n(CCC3CCCCC3)c2=O)s1.Cc1nc(-c2cccc(F)c2OCc2ccccc2)n(CCC2CCCCC2)c(=O)c1Br. The highest BCUT2D eigenvalue weighted by atomic mass is 80.9. The Kier molecular flexibility index (Phi) is 30.4. The molecular formula is C78H88Br3F3N6O8S. The van der Waals surface area contributed by atoms with Gasteiger partial charge in [0.15, 0.2) is 34.7 Å². The molecule has 9 aromatic rings. The van der Waals surface area contributed by atoms with E-state index in [2.05, 4.69) is 49.2 Å². The molecule has 0 saturated heterocycles. The molecule has 21 heteroatoms. The van der Waals surface area contributed by atoms with Gasteiger partial charge < -0.3 is 19.7 Å². The number of hydrogen-bond acceptors (Lipinski definition) is 11. The first-order chi connectivity index (χ1) is 47.8. The molecule has 3 fully saturated rings. The van der Waals surface area contributed by atoms with E-state index in [1.807, 2.05) is 79.7 Å². The molecule has 14 nitrogen and oxygen atoms in total. The first-order valence-electron chi connectivity index (χ1n) is 34.1. The number of ether oxygens (including phenoxy) is 2. The molecule has 3 saturated carbocycles. The number of carboxylic acid groups (broad SMARTS) is 1. The average molecular weight is 1570 g/mol. The number of halogens is 6. The van der Waals surface area contributed by atoms with Crippen molar-refractivity contribution in [3.8, 4) is 61.9 Å². The van der Waals surface area contributed by atoms with Gasteiger partial charge in [-0.05, 0) is 140 Å². The summed E-state index contributed by atoms with van der Waals surface area (Å²) in [5.74, 6) is 0.432. The quantitative estimate of drug-likeness (QED) is 0.0786. The molecule has 526 valence electrons.